The van der Waals surface area contributed by atoms with Crippen LogP contribution in [0.5, 0.6) is 0 Å². The summed E-state index contributed by atoms with van der Waals surface area (Å²) in [5.74, 6) is 0.0119. The van der Waals surface area contributed by atoms with Gasteiger partial charge in [-0.15, -0.1) is 0 Å². The third-order valence-electron chi connectivity index (χ3n) is 6.05. The summed E-state index contributed by atoms with van der Waals surface area (Å²) in [6.07, 6.45) is 6.50. The molecule has 29 heavy (non-hydrogen) atoms. The maximum atomic E-state index is 13.0. The molecule has 1 fully saturated rings. The van der Waals surface area contributed by atoms with Crippen LogP contribution in [0.15, 0.2) is 54.9 Å². The van der Waals surface area contributed by atoms with Crippen LogP contribution in [0.2, 0.25) is 5.02 Å². The topological polar surface area (TPSA) is 58.4 Å². The molecule has 0 bridgehead atoms. The Hall–Kier alpha value is -2.63. The molecule has 1 saturated carbocycles. The fourth-order valence-corrected chi connectivity index (χ4v) is 4.75. The third kappa shape index (κ3) is 3.34. The van der Waals surface area contributed by atoms with Crippen molar-refractivity contribution in [3.8, 4) is 5.69 Å². The molecule has 1 aliphatic heterocycles. The third-order valence-corrected chi connectivity index (χ3v) is 6.40. The van der Waals surface area contributed by atoms with Gasteiger partial charge >= 0.3 is 0 Å². The number of aliphatic hydroxyl groups is 1. The van der Waals surface area contributed by atoms with Gasteiger partial charge in [-0.05, 0) is 72.7 Å². The van der Waals surface area contributed by atoms with Gasteiger partial charge in [-0.2, -0.15) is 5.10 Å². The molecule has 0 spiro atoms. The van der Waals surface area contributed by atoms with Crippen LogP contribution in [-0.2, 0) is 13.0 Å². The van der Waals surface area contributed by atoms with Gasteiger partial charge in [-0.1, -0.05) is 23.7 Å². The van der Waals surface area contributed by atoms with Crippen molar-refractivity contribution < 1.29 is 9.90 Å². The number of carbonyl (C=O) groups is 1. The molecule has 2 atom stereocenters. The zero-order chi connectivity index (χ0) is 20.0. The maximum absolute atomic E-state index is 13.0. The van der Waals surface area contributed by atoms with Crippen molar-refractivity contribution in [1.29, 1.82) is 0 Å². The number of benzene rings is 2. The van der Waals surface area contributed by atoms with E-state index in [4.69, 9.17) is 11.6 Å². The molecule has 0 radical (unpaired) electrons. The SMILES string of the molecule is O=C1c2cc(Cc3ccc(-n4cccn4)cc3)c(Cl)cc2CN1[C@@H]1CCC[C@H]1O. The van der Waals surface area contributed by atoms with Crippen LogP contribution >= 0.6 is 11.6 Å². The molecular formula is C23H22ClN3O2. The normalized spacial score (nSPS) is 21.0. The van der Waals surface area contributed by atoms with E-state index in [1.54, 1.807) is 6.20 Å². The van der Waals surface area contributed by atoms with E-state index in [2.05, 4.69) is 17.2 Å². The lowest BCUT2D eigenvalue weighted by molar-refractivity contribution is 0.0479. The second-order valence-electron chi connectivity index (χ2n) is 7.89. The minimum Gasteiger partial charge on any atom is -0.391 e. The van der Waals surface area contributed by atoms with Crippen LogP contribution in [-0.4, -0.2) is 37.8 Å². The number of nitrogens with zero attached hydrogens (tertiary/aromatic N) is 3. The van der Waals surface area contributed by atoms with Crippen LogP contribution in [0.4, 0.5) is 0 Å². The van der Waals surface area contributed by atoms with E-state index in [0.717, 1.165) is 47.2 Å². The van der Waals surface area contributed by atoms with E-state index in [-0.39, 0.29) is 11.9 Å². The summed E-state index contributed by atoms with van der Waals surface area (Å²) >= 11 is 6.56. The highest BCUT2D eigenvalue weighted by Gasteiger charge is 2.38. The average molecular weight is 408 g/mol. The fourth-order valence-electron chi connectivity index (χ4n) is 4.50. The molecular weight excluding hydrogens is 386 g/mol. The molecule has 2 aliphatic rings. The van der Waals surface area contributed by atoms with Gasteiger partial charge in [-0.3, -0.25) is 4.79 Å². The molecule has 0 unspecified atom stereocenters. The van der Waals surface area contributed by atoms with Gasteiger partial charge in [0.05, 0.1) is 17.8 Å². The molecule has 3 aromatic rings. The Morgan fingerprint density at radius 3 is 2.69 bits per heavy atom. The van der Waals surface area contributed by atoms with Gasteiger partial charge in [0.15, 0.2) is 0 Å². The van der Waals surface area contributed by atoms with Gasteiger partial charge in [0.2, 0.25) is 0 Å². The van der Waals surface area contributed by atoms with Crippen LogP contribution in [0.1, 0.15) is 46.3 Å². The maximum Gasteiger partial charge on any atom is 0.254 e. The summed E-state index contributed by atoms with van der Waals surface area (Å²) in [5, 5.41) is 15.1. The van der Waals surface area contributed by atoms with Crippen LogP contribution < -0.4 is 0 Å². The van der Waals surface area contributed by atoms with Crippen molar-refractivity contribution in [2.75, 3.05) is 0 Å². The molecule has 5 rings (SSSR count). The number of hydrogen-bond acceptors (Lipinski definition) is 3. The molecule has 0 saturated heterocycles. The number of aliphatic hydroxyl groups excluding tert-OH is 1. The number of rotatable bonds is 4. The fraction of sp³-hybridized carbons (Fsp3) is 0.304. The Morgan fingerprint density at radius 2 is 2.00 bits per heavy atom. The van der Waals surface area contributed by atoms with E-state index in [1.165, 1.54) is 0 Å². The van der Waals surface area contributed by atoms with Crippen molar-refractivity contribution in [2.45, 2.75) is 44.4 Å². The van der Waals surface area contributed by atoms with Crippen LogP contribution in [0.25, 0.3) is 5.69 Å². The summed E-state index contributed by atoms with van der Waals surface area (Å²) in [7, 11) is 0. The zero-order valence-electron chi connectivity index (χ0n) is 16.0. The average Bonchev–Trinajstić information content (AvgIpc) is 3.45. The van der Waals surface area contributed by atoms with Crippen molar-refractivity contribution in [3.63, 3.8) is 0 Å². The number of halogens is 1. The Kier molecular flexibility index (Phi) is 4.64. The lowest BCUT2D eigenvalue weighted by atomic mass is 10.00. The summed E-state index contributed by atoms with van der Waals surface area (Å²) in [4.78, 5) is 14.8. The molecule has 1 N–H and O–H groups in total. The highest BCUT2D eigenvalue weighted by molar-refractivity contribution is 6.31. The van der Waals surface area contributed by atoms with E-state index in [9.17, 15) is 9.90 Å². The molecule has 2 aromatic carbocycles. The van der Waals surface area contributed by atoms with Gasteiger partial charge in [0, 0.05) is 29.5 Å². The Morgan fingerprint density at radius 1 is 1.17 bits per heavy atom. The number of amides is 1. The second kappa shape index (κ2) is 7.32. The summed E-state index contributed by atoms with van der Waals surface area (Å²) < 4.78 is 1.82. The van der Waals surface area contributed by atoms with Gasteiger partial charge in [-0.25, -0.2) is 4.68 Å². The van der Waals surface area contributed by atoms with Crippen LogP contribution in [0.3, 0.4) is 0 Å². The van der Waals surface area contributed by atoms with Gasteiger partial charge < -0.3 is 10.0 Å². The van der Waals surface area contributed by atoms with Crippen LogP contribution in [0, 0.1) is 0 Å². The predicted molar refractivity (Wildman–Crippen MR) is 111 cm³/mol. The molecule has 2 heterocycles. The lowest BCUT2D eigenvalue weighted by Gasteiger charge is -2.26. The number of hydrogen-bond donors (Lipinski definition) is 1. The molecule has 6 heteroatoms. The zero-order valence-corrected chi connectivity index (χ0v) is 16.7. The summed E-state index contributed by atoms with van der Waals surface area (Å²) in [6.45, 7) is 0.536. The Labute approximate surface area is 174 Å². The molecule has 1 aromatic heterocycles. The minimum atomic E-state index is -0.420. The van der Waals surface area contributed by atoms with E-state index in [1.807, 2.05) is 46.1 Å². The largest absolute Gasteiger partial charge is 0.391 e. The van der Waals surface area contributed by atoms with Crippen molar-refractivity contribution in [2.24, 2.45) is 0 Å². The quantitative estimate of drug-likeness (QED) is 0.711. The highest BCUT2D eigenvalue weighted by Crippen LogP contribution is 2.35. The Balaban J connectivity index is 1.38. The molecule has 1 aliphatic carbocycles. The first-order valence-electron chi connectivity index (χ1n) is 9.99. The van der Waals surface area contributed by atoms with Crippen molar-refractivity contribution in [1.82, 2.24) is 14.7 Å². The van der Waals surface area contributed by atoms with E-state index >= 15 is 0 Å². The lowest BCUT2D eigenvalue weighted by Crippen LogP contribution is -2.40. The van der Waals surface area contributed by atoms with Crippen molar-refractivity contribution >= 4 is 17.5 Å². The predicted octanol–water partition coefficient (Wildman–Crippen LogP) is 3.99. The van der Waals surface area contributed by atoms with Gasteiger partial charge in [0.1, 0.15) is 0 Å². The first-order valence-corrected chi connectivity index (χ1v) is 10.4. The van der Waals surface area contributed by atoms with Crippen molar-refractivity contribution in [3.05, 3.63) is 82.1 Å². The highest BCUT2D eigenvalue weighted by atomic mass is 35.5. The standard InChI is InChI=1S/C23H22ClN3O2/c24-20-13-17-14-26(21-3-1-4-22(21)28)23(29)19(17)12-16(20)11-15-5-7-18(8-6-15)27-10-2-9-25-27/h2,5-10,12-13,21-22,28H,1,3-4,11,14H2/t21-,22-/m1/s1. The van der Waals surface area contributed by atoms with E-state index in [0.29, 0.717) is 18.0 Å². The monoisotopic (exact) mass is 407 g/mol. The second-order valence-corrected chi connectivity index (χ2v) is 8.30. The molecule has 1 amide bonds. The molecule has 148 valence electrons. The minimum absolute atomic E-state index is 0.0119. The number of fused-ring (bicyclic) bond motifs is 1. The first-order chi connectivity index (χ1) is 14.1. The Bertz CT molecular complexity index is 1050. The summed E-state index contributed by atoms with van der Waals surface area (Å²) in [5.41, 5.74) is 4.74. The number of carbonyl (C=O) groups excluding carboxylic acids is 1. The molecule has 5 nitrogen and oxygen atoms in total. The number of aromatic nitrogens is 2. The van der Waals surface area contributed by atoms with Gasteiger partial charge in [0.25, 0.3) is 5.91 Å². The first kappa shape index (κ1) is 18.4. The smallest absolute Gasteiger partial charge is 0.254 e. The summed E-state index contributed by atoms with van der Waals surface area (Å²) in [6, 6.07) is 13.8. The van der Waals surface area contributed by atoms with E-state index < -0.39 is 6.10 Å².